The molecular weight excluding hydrogens is 268 g/mol. The molecule has 5 heteroatoms. The highest BCUT2D eigenvalue weighted by Crippen LogP contribution is 2.12. The van der Waals surface area contributed by atoms with E-state index in [2.05, 4.69) is 5.32 Å². The van der Waals surface area contributed by atoms with E-state index in [-0.39, 0.29) is 18.4 Å². The van der Waals surface area contributed by atoms with E-state index in [0.29, 0.717) is 18.7 Å². The molecule has 1 saturated heterocycles. The zero-order chi connectivity index (χ0) is 15.1. The van der Waals surface area contributed by atoms with Crippen LogP contribution in [0.1, 0.15) is 24.8 Å². The number of ether oxygens (including phenoxy) is 1. The van der Waals surface area contributed by atoms with Crippen LogP contribution in [0.15, 0.2) is 24.3 Å². The highest BCUT2D eigenvalue weighted by atomic mass is 16.5. The van der Waals surface area contributed by atoms with Crippen LogP contribution < -0.4 is 10.1 Å². The van der Waals surface area contributed by atoms with Gasteiger partial charge in [-0.05, 0) is 37.5 Å². The number of hydrogen-bond donors (Lipinski definition) is 1. The van der Waals surface area contributed by atoms with Crippen LogP contribution in [-0.2, 0) is 9.59 Å². The van der Waals surface area contributed by atoms with Gasteiger partial charge in [-0.25, -0.2) is 0 Å². The Balaban J connectivity index is 1.62. The van der Waals surface area contributed by atoms with E-state index in [0.717, 1.165) is 31.5 Å². The molecule has 0 bridgehead atoms. The van der Waals surface area contributed by atoms with Crippen LogP contribution in [0.4, 0.5) is 0 Å². The second-order valence-corrected chi connectivity index (χ2v) is 5.29. The van der Waals surface area contributed by atoms with E-state index < -0.39 is 0 Å². The zero-order valence-electron chi connectivity index (χ0n) is 12.4. The number of amides is 2. The average molecular weight is 290 g/mol. The Hall–Kier alpha value is -2.04. The van der Waals surface area contributed by atoms with Gasteiger partial charge in [-0.15, -0.1) is 0 Å². The number of rotatable bonds is 6. The molecule has 2 amide bonds. The maximum atomic E-state index is 11.8. The summed E-state index contributed by atoms with van der Waals surface area (Å²) in [5.74, 6) is 0.594. The lowest BCUT2D eigenvalue weighted by Gasteiger charge is -2.15. The van der Waals surface area contributed by atoms with Gasteiger partial charge in [0, 0.05) is 26.1 Å². The van der Waals surface area contributed by atoms with Crippen LogP contribution in [0.3, 0.4) is 0 Å². The third kappa shape index (κ3) is 5.10. The molecule has 0 aromatic heterocycles. The monoisotopic (exact) mass is 290 g/mol. The Morgan fingerprint density at radius 1 is 1.29 bits per heavy atom. The zero-order valence-corrected chi connectivity index (χ0v) is 12.4. The molecule has 0 saturated carbocycles. The van der Waals surface area contributed by atoms with Crippen LogP contribution in [0.2, 0.25) is 0 Å². The Labute approximate surface area is 125 Å². The number of carbonyl (C=O) groups is 2. The lowest BCUT2D eigenvalue weighted by atomic mass is 10.2. The molecule has 1 aromatic rings. The normalized spacial score (nSPS) is 14.0. The van der Waals surface area contributed by atoms with E-state index in [4.69, 9.17) is 4.74 Å². The minimum absolute atomic E-state index is 0.0264. The highest BCUT2D eigenvalue weighted by molar-refractivity contribution is 5.80. The maximum Gasteiger partial charge on any atom is 0.257 e. The lowest BCUT2D eigenvalue weighted by Crippen LogP contribution is -2.34. The van der Waals surface area contributed by atoms with Gasteiger partial charge in [0.25, 0.3) is 5.91 Å². The van der Waals surface area contributed by atoms with E-state index in [1.807, 2.05) is 36.1 Å². The second-order valence-electron chi connectivity index (χ2n) is 5.29. The third-order valence-corrected chi connectivity index (χ3v) is 3.48. The predicted molar refractivity (Wildman–Crippen MR) is 80.1 cm³/mol. The molecule has 0 spiro atoms. The largest absolute Gasteiger partial charge is 0.484 e. The molecular formula is C16H22N2O3. The van der Waals surface area contributed by atoms with Crippen LogP contribution in [0, 0.1) is 6.92 Å². The Morgan fingerprint density at radius 2 is 2.05 bits per heavy atom. The van der Waals surface area contributed by atoms with Crippen molar-refractivity contribution in [3.05, 3.63) is 29.8 Å². The van der Waals surface area contributed by atoms with Gasteiger partial charge in [0.1, 0.15) is 5.75 Å². The summed E-state index contributed by atoms with van der Waals surface area (Å²) < 4.78 is 5.40. The number of nitrogens with one attached hydrogen (secondary N) is 1. The standard InChI is InChI=1S/C16H22N2O3/c1-13-5-4-6-14(11-13)21-12-15(19)17-8-7-16(20)18-9-2-3-10-18/h4-6,11H,2-3,7-10,12H2,1H3,(H,17,19). The van der Waals surface area contributed by atoms with Gasteiger partial charge < -0.3 is 15.0 Å². The molecule has 1 aliphatic heterocycles. The minimum atomic E-state index is -0.203. The van der Waals surface area contributed by atoms with Gasteiger partial charge in [-0.1, -0.05) is 12.1 Å². The van der Waals surface area contributed by atoms with Gasteiger partial charge in [0.05, 0.1) is 0 Å². The molecule has 1 N–H and O–H groups in total. The average Bonchev–Trinajstić information content (AvgIpc) is 2.99. The summed E-state index contributed by atoms with van der Waals surface area (Å²) in [7, 11) is 0. The molecule has 1 heterocycles. The fourth-order valence-corrected chi connectivity index (χ4v) is 2.34. The van der Waals surface area contributed by atoms with Crippen molar-refractivity contribution in [2.24, 2.45) is 0 Å². The van der Waals surface area contributed by atoms with Gasteiger partial charge >= 0.3 is 0 Å². The van der Waals surface area contributed by atoms with Crippen molar-refractivity contribution in [1.82, 2.24) is 10.2 Å². The summed E-state index contributed by atoms with van der Waals surface area (Å²) >= 11 is 0. The van der Waals surface area contributed by atoms with Crippen molar-refractivity contribution in [2.75, 3.05) is 26.2 Å². The molecule has 2 rings (SSSR count). The van der Waals surface area contributed by atoms with Crippen molar-refractivity contribution in [3.8, 4) is 5.75 Å². The SMILES string of the molecule is Cc1cccc(OCC(=O)NCCC(=O)N2CCCC2)c1. The smallest absolute Gasteiger partial charge is 0.257 e. The molecule has 0 atom stereocenters. The number of benzene rings is 1. The van der Waals surface area contributed by atoms with E-state index in [1.165, 1.54) is 0 Å². The predicted octanol–water partition coefficient (Wildman–Crippen LogP) is 1.50. The highest BCUT2D eigenvalue weighted by Gasteiger charge is 2.17. The Morgan fingerprint density at radius 3 is 2.76 bits per heavy atom. The van der Waals surface area contributed by atoms with Crippen molar-refractivity contribution >= 4 is 11.8 Å². The molecule has 1 aliphatic rings. The van der Waals surface area contributed by atoms with Crippen LogP contribution in [0.5, 0.6) is 5.75 Å². The fourth-order valence-electron chi connectivity index (χ4n) is 2.34. The Bertz CT molecular complexity index is 496. The van der Waals surface area contributed by atoms with Gasteiger partial charge in [0.15, 0.2) is 6.61 Å². The third-order valence-electron chi connectivity index (χ3n) is 3.48. The summed E-state index contributed by atoms with van der Waals surface area (Å²) in [6, 6.07) is 7.55. The van der Waals surface area contributed by atoms with Crippen molar-refractivity contribution < 1.29 is 14.3 Å². The topological polar surface area (TPSA) is 58.6 Å². The number of aryl methyl sites for hydroxylation is 1. The lowest BCUT2D eigenvalue weighted by molar-refractivity contribution is -0.130. The summed E-state index contributed by atoms with van der Waals surface area (Å²) in [5.41, 5.74) is 1.09. The van der Waals surface area contributed by atoms with Crippen LogP contribution in [-0.4, -0.2) is 43.0 Å². The molecule has 5 nitrogen and oxygen atoms in total. The molecule has 1 aromatic carbocycles. The number of hydrogen-bond acceptors (Lipinski definition) is 3. The van der Waals surface area contributed by atoms with E-state index in [1.54, 1.807) is 0 Å². The first-order chi connectivity index (χ1) is 10.1. The quantitative estimate of drug-likeness (QED) is 0.864. The Kier molecular flexibility index (Phi) is 5.60. The summed E-state index contributed by atoms with van der Waals surface area (Å²) in [4.78, 5) is 25.3. The molecule has 0 aliphatic carbocycles. The van der Waals surface area contributed by atoms with Crippen molar-refractivity contribution in [1.29, 1.82) is 0 Å². The first-order valence-electron chi connectivity index (χ1n) is 7.39. The number of likely N-dealkylation sites (tertiary alicyclic amines) is 1. The first kappa shape index (κ1) is 15.4. The number of carbonyl (C=O) groups excluding carboxylic acids is 2. The molecule has 114 valence electrons. The van der Waals surface area contributed by atoms with E-state index in [9.17, 15) is 9.59 Å². The van der Waals surface area contributed by atoms with Crippen molar-refractivity contribution in [2.45, 2.75) is 26.2 Å². The first-order valence-corrected chi connectivity index (χ1v) is 7.39. The molecule has 21 heavy (non-hydrogen) atoms. The summed E-state index contributed by atoms with van der Waals surface area (Å²) in [6.45, 7) is 4.01. The molecule has 1 fully saturated rings. The van der Waals surface area contributed by atoms with Gasteiger partial charge in [0.2, 0.25) is 5.91 Å². The molecule has 0 unspecified atom stereocenters. The van der Waals surface area contributed by atoms with Crippen molar-refractivity contribution in [3.63, 3.8) is 0 Å². The van der Waals surface area contributed by atoms with Gasteiger partial charge in [-0.2, -0.15) is 0 Å². The minimum Gasteiger partial charge on any atom is -0.484 e. The summed E-state index contributed by atoms with van der Waals surface area (Å²) in [6.07, 6.45) is 2.53. The van der Waals surface area contributed by atoms with Crippen LogP contribution in [0.25, 0.3) is 0 Å². The fraction of sp³-hybridized carbons (Fsp3) is 0.500. The summed E-state index contributed by atoms with van der Waals surface area (Å²) in [5, 5.41) is 2.71. The van der Waals surface area contributed by atoms with Crippen LogP contribution >= 0.6 is 0 Å². The second kappa shape index (κ2) is 7.67. The maximum absolute atomic E-state index is 11.8. The van der Waals surface area contributed by atoms with Gasteiger partial charge in [-0.3, -0.25) is 9.59 Å². The van der Waals surface area contributed by atoms with E-state index >= 15 is 0 Å². The molecule has 0 radical (unpaired) electrons. The number of nitrogens with zero attached hydrogens (tertiary/aromatic N) is 1.